The molecule has 0 unspecified atom stereocenters. The molecule has 0 aliphatic rings. The van der Waals surface area contributed by atoms with E-state index in [4.69, 9.17) is 9.47 Å². The number of aliphatic hydroxyl groups excluding tert-OH is 1. The van der Waals surface area contributed by atoms with Gasteiger partial charge in [-0.25, -0.2) is 13.2 Å². The molecule has 35 heavy (non-hydrogen) atoms. The van der Waals surface area contributed by atoms with Crippen LogP contribution in [0.4, 0.5) is 5.69 Å². The molecule has 0 heterocycles. The second-order valence-electron chi connectivity index (χ2n) is 7.82. The lowest BCUT2D eigenvalue weighted by Gasteiger charge is -2.15. The SMILES string of the molecule is COC(=O)c1cccc(-c2ccc(OCCNC[C@@H](O)c3ccc(O)c(NS(C)(=O)=O)c3)cc2)c1. The fourth-order valence-corrected chi connectivity index (χ4v) is 3.89. The molecule has 0 saturated heterocycles. The highest BCUT2D eigenvalue weighted by Crippen LogP contribution is 2.28. The van der Waals surface area contributed by atoms with Gasteiger partial charge in [-0.05, 0) is 53.1 Å². The van der Waals surface area contributed by atoms with Crippen molar-refractivity contribution in [3.63, 3.8) is 0 Å². The predicted octanol–water partition coefficient (Wildman–Crippen LogP) is 2.92. The number of carbonyl (C=O) groups is 1. The molecule has 3 aromatic carbocycles. The minimum atomic E-state index is -3.56. The van der Waals surface area contributed by atoms with Crippen molar-refractivity contribution in [2.24, 2.45) is 0 Å². The van der Waals surface area contributed by atoms with Gasteiger partial charge in [-0.3, -0.25) is 4.72 Å². The van der Waals surface area contributed by atoms with Crippen molar-refractivity contribution in [3.05, 3.63) is 77.9 Å². The molecule has 10 heteroatoms. The highest BCUT2D eigenvalue weighted by molar-refractivity contribution is 7.92. The average Bonchev–Trinajstić information content (AvgIpc) is 2.84. The van der Waals surface area contributed by atoms with Gasteiger partial charge in [-0.2, -0.15) is 0 Å². The number of phenols is 1. The molecule has 3 rings (SSSR count). The number of hydrogen-bond donors (Lipinski definition) is 4. The number of benzene rings is 3. The van der Waals surface area contributed by atoms with Crippen molar-refractivity contribution in [2.45, 2.75) is 6.10 Å². The molecular formula is C25H28N2O7S. The Hall–Kier alpha value is -3.60. The first-order valence-corrected chi connectivity index (χ1v) is 12.7. The van der Waals surface area contributed by atoms with E-state index < -0.39 is 16.1 Å². The van der Waals surface area contributed by atoms with Crippen molar-refractivity contribution in [1.29, 1.82) is 0 Å². The summed E-state index contributed by atoms with van der Waals surface area (Å²) in [5.74, 6) is 0.0611. The highest BCUT2D eigenvalue weighted by atomic mass is 32.2. The second-order valence-corrected chi connectivity index (χ2v) is 9.56. The summed E-state index contributed by atoms with van der Waals surface area (Å²) in [5, 5.41) is 23.2. The van der Waals surface area contributed by atoms with E-state index in [1.54, 1.807) is 18.2 Å². The molecule has 0 radical (unpaired) electrons. The summed E-state index contributed by atoms with van der Waals surface area (Å²) in [6, 6.07) is 18.9. The fourth-order valence-electron chi connectivity index (χ4n) is 3.33. The molecule has 0 amide bonds. The summed E-state index contributed by atoms with van der Waals surface area (Å²) < 4.78 is 35.5. The number of ether oxygens (including phenoxy) is 2. The van der Waals surface area contributed by atoms with Gasteiger partial charge >= 0.3 is 5.97 Å². The lowest BCUT2D eigenvalue weighted by molar-refractivity contribution is 0.0600. The van der Waals surface area contributed by atoms with Crippen LogP contribution in [0, 0.1) is 0 Å². The average molecular weight is 501 g/mol. The summed E-state index contributed by atoms with van der Waals surface area (Å²) in [5.41, 5.74) is 2.76. The Morgan fingerprint density at radius 3 is 2.46 bits per heavy atom. The van der Waals surface area contributed by atoms with Crippen molar-refractivity contribution < 1.29 is 32.9 Å². The number of nitrogens with one attached hydrogen (secondary N) is 2. The highest BCUT2D eigenvalue weighted by Gasteiger charge is 2.13. The number of aromatic hydroxyl groups is 1. The first-order chi connectivity index (χ1) is 16.7. The van der Waals surface area contributed by atoms with Gasteiger partial charge in [-0.15, -0.1) is 0 Å². The van der Waals surface area contributed by atoms with Gasteiger partial charge in [0.25, 0.3) is 0 Å². The Kier molecular flexibility index (Phi) is 8.69. The van der Waals surface area contributed by atoms with Crippen LogP contribution in [0.3, 0.4) is 0 Å². The van der Waals surface area contributed by atoms with Crippen LogP contribution in [0.1, 0.15) is 22.0 Å². The van der Waals surface area contributed by atoms with E-state index >= 15 is 0 Å². The van der Waals surface area contributed by atoms with E-state index in [1.165, 1.54) is 25.3 Å². The van der Waals surface area contributed by atoms with Gasteiger partial charge < -0.3 is 25.0 Å². The van der Waals surface area contributed by atoms with Gasteiger partial charge in [0.1, 0.15) is 18.1 Å². The van der Waals surface area contributed by atoms with Crippen molar-refractivity contribution in [1.82, 2.24) is 5.32 Å². The number of phenolic OH excluding ortho intramolecular Hbond substituents is 1. The Balaban J connectivity index is 1.47. The zero-order chi connectivity index (χ0) is 25.4. The van der Waals surface area contributed by atoms with Crippen molar-refractivity contribution in [2.75, 3.05) is 37.8 Å². The minimum absolute atomic E-state index is 0.00727. The maximum atomic E-state index is 11.7. The third-order valence-electron chi connectivity index (χ3n) is 5.06. The lowest BCUT2D eigenvalue weighted by atomic mass is 10.0. The number of aliphatic hydroxyl groups is 1. The van der Waals surface area contributed by atoms with E-state index in [9.17, 15) is 23.4 Å². The van der Waals surface area contributed by atoms with Gasteiger partial charge in [-0.1, -0.05) is 30.3 Å². The molecule has 1 atom stereocenters. The third-order valence-corrected chi connectivity index (χ3v) is 5.65. The standard InChI is InChI=1S/C25H28N2O7S/c1-33-25(30)20-5-3-4-18(14-20)17-6-9-21(10-7-17)34-13-12-26-16-24(29)19-8-11-23(28)22(15-19)27-35(2,31)32/h3-11,14-15,24,26-29H,12-13,16H2,1-2H3/t24-/m1/s1. The van der Waals surface area contributed by atoms with E-state index in [0.717, 1.165) is 17.4 Å². The zero-order valence-electron chi connectivity index (χ0n) is 19.4. The van der Waals surface area contributed by atoms with Crippen LogP contribution in [-0.4, -0.2) is 57.7 Å². The van der Waals surface area contributed by atoms with Crippen LogP contribution in [0.5, 0.6) is 11.5 Å². The van der Waals surface area contributed by atoms with Crippen LogP contribution < -0.4 is 14.8 Å². The summed E-state index contributed by atoms with van der Waals surface area (Å²) in [6.07, 6.45) is 0.0727. The molecule has 186 valence electrons. The van der Waals surface area contributed by atoms with Crippen LogP contribution >= 0.6 is 0 Å². The maximum absolute atomic E-state index is 11.7. The number of esters is 1. The Morgan fingerprint density at radius 1 is 1.03 bits per heavy atom. The summed E-state index contributed by atoms with van der Waals surface area (Å²) in [7, 11) is -2.21. The number of sulfonamides is 1. The van der Waals surface area contributed by atoms with Gasteiger partial charge in [0, 0.05) is 13.1 Å². The fraction of sp³-hybridized carbons (Fsp3) is 0.240. The Labute approximate surface area is 204 Å². The van der Waals surface area contributed by atoms with E-state index in [1.807, 2.05) is 30.3 Å². The van der Waals surface area contributed by atoms with E-state index in [2.05, 4.69) is 10.0 Å². The molecule has 0 fully saturated rings. The summed E-state index contributed by atoms with van der Waals surface area (Å²) in [4.78, 5) is 11.7. The first-order valence-electron chi connectivity index (χ1n) is 10.8. The molecule has 9 nitrogen and oxygen atoms in total. The topological polar surface area (TPSA) is 134 Å². The number of hydrogen-bond acceptors (Lipinski definition) is 8. The number of anilines is 1. The van der Waals surface area contributed by atoms with Crippen LogP contribution in [0.2, 0.25) is 0 Å². The third kappa shape index (κ3) is 7.71. The van der Waals surface area contributed by atoms with Gasteiger partial charge in [0.2, 0.25) is 10.0 Å². The van der Waals surface area contributed by atoms with Gasteiger partial charge in [0.15, 0.2) is 0 Å². The van der Waals surface area contributed by atoms with Crippen LogP contribution in [0.25, 0.3) is 11.1 Å². The molecule has 0 aromatic heterocycles. The molecule has 0 aliphatic heterocycles. The largest absolute Gasteiger partial charge is 0.506 e. The Morgan fingerprint density at radius 2 is 1.77 bits per heavy atom. The smallest absolute Gasteiger partial charge is 0.337 e. The van der Waals surface area contributed by atoms with Crippen LogP contribution in [-0.2, 0) is 14.8 Å². The number of carbonyl (C=O) groups excluding carboxylic acids is 1. The molecule has 4 N–H and O–H groups in total. The Bertz CT molecular complexity index is 1260. The summed E-state index contributed by atoms with van der Waals surface area (Å²) >= 11 is 0. The second kappa shape index (κ2) is 11.7. The van der Waals surface area contributed by atoms with E-state index in [0.29, 0.717) is 30.0 Å². The number of rotatable bonds is 11. The molecule has 3 aromatic rings. The monoisotopic (exact) mass is 500 g/mol. The van der Waals surface area contributed by atoms with E-state index in [-0.39, 0.29) is 24.0 Å². The molecular weight excluding hydrogens is 472 g/mol. The van der Waals surface area contributed by atoms with Crippen molar-refractivity contribution in [3.8, 4) is 22.6 Å². The zero-order valence-corrected chi connectivity index (χ0v) is 20.2. The molecule has 0 saturated carbocycles. The minimum Gasteiger partial charge on any atom is -0.506 e. The van der Waals surface area contributed by atoms with Crippen molar-refractivity contribution >= 4 is 21.7 Å². The van der Waals surface area contributed by atoms with Gasteiger partial charge in [0.05, 0.1) is 30.7 Å². The molecule has 0 bridgehead atoms. The quantitative estimate of drug-likeness (QED) is 0.179. The number of methoxy groups -OCH3 is 1. The van der Waals surface area contributed by atoms with Crippen LogP contribution in [0.15, 0.2) is 66.7 Å². The predicted molar refractivity (Wildman–Crippen MR) is 133 cm³/mol. The first kappa shape index (κ1) is 26.0. The molecule has 0 aliphatic carbocycles. The summed E-state index contributed by atoms with van der Waals surface area (Å²) in [6.45, 7) is 1.04. The molecule has 0 spiro atoms. The maximum Gasteiger partial charge on any atom is 0.337 e. The normalized spacial score (nSPS) is 12.1. The lowest BCUT2D eigenvalue weighted by Crippen LogP contribution is -2.26.